The molecule has 3 rings (SSSR count). The van der Waals surface area contributed by atoms with Crippen molar-refractivity contribution in [2.24, 2.45) is 0 Å². The Hall–Kier alpha value is -2.49. The molecular weight excluding hydrogens is 310 g/mol. The van der Waals surface area contributed by atoms with E-state index in [1.54, 1.807) is 0 Å². The summed E-state index contributed by atoms with van der Waals surface area (Å²) in [5.41, 5.74) is 10.4. The predicted octanol–water partition coefficient (Wildman–Crippen LogP) is 4.63. The number of carbonyl (C=O) groups excluding carboxylic acids is 1. The zero-order valence-electron chi connectivity index (χ0n) is 15.1. The van der Waals surface area contributed by atoms with Crippen LogP contribution in [0.15, 0.2) is 42.5 Å². The van der Waals surface area contributed by atoms with Crippen LogP contribution in [0.3, 0.4) is 0 Å². The number of anilines is 3. The highest BCUT2D eigenvalue weighted by Gasteiger charge is 2.17. The van der Waals surface area contributed by atoms with Gasteiger partial charge in [0.05, 0.1) is 11.4 Å². The van der Waals surface area contributed by atoms with E-state index in [2.05, 4.69) is 24.1 Å². The highest BCUT2D eigenvalue weighted by atomic mass is 16.1. The van der Waals surface area contributed by atoms with Gasteiger partial charge in [0.2, 0.25) is 0 Å². The molecule has 0 radical (unpaired) electrons. The summed E-state index contributed by atoms with van der Waals surface area (Å²) < 4.78 is 0. The van der Waals surface area contributed by atoms with Crippen molar-refractivity contribution < 1.29 is 4.79 Å². The maximum absolute atomic E-state index is 12.7. The molecule has 2 aromatic rings. The normalized spacial score (nSPS) is 14.6. The van der Waals surface area contributed by atoms with E-state index < -0.39 is 0 Å². The van der Waals surface area contributed by atoms with Gasteiger partial charge >= 0.3 is 0 Å². The Bertz CT molecular complexity index is 731. The van der Waals surface area contributed by atoms with Crippen molar-refractivity contribution in [3.8, 4) is 0 Å². The summed E-state index contributed by atoms with van der Waals surface area (Å²) in [7, 11) is 0. The quantitative estimate of drug-likeness (QED) is 0.799. The molecule has 0 bridgehead atoms. The van der Waals surface area contributed by atoms with Gasteiger partial charge in [-0.25, -0.2) is 0 Å². The van der Waals surface area contributed by atoms with Crippen molar-refractivity contribution in [2.45, 2.75) is 39.0 Å². The molecule has 1 aliphatic heterocycles. The van der Waals surface area contributed by atoms with Gasteiger partial charge in [-0.1, -0.05) is 26.0 Å². The molecule has 1 aliphatic rings. The van der Waals surface area contributed by atoms with Gasteiger partial charge in [0, 0.05) is 24.3 Å². The Morgan fingerprint density at radius 2 is 1.72 bits per heavy atom. The first-order valence-electron chi connectivity index (χ1n) is 9.10. The molecule has 1 heterocycles. The summed E-state index contributed by atoms with van der Waals surface area (Å²) >= 11 is 0. The molecule has 0 unspecified atom stereocenters. The minimum absolute atomic E-state index is 0.0980. The lowest BCUT2D eigenvalue weighted by molar-refractivity contribution is 0.102. The highest BCUT2D eigenvalue weighted by Crippen LogP contribution is 2.31. The number of nitrogens with one attached hydrogen (secondary N) is 1. The van der Waals surface area contributed by atoms with E-state index in [4.69, 9.17) is 5.73 Å². The van der Waals surface area contributed by atoms with Gasteiger partial charge in [-0.2, -0.15) is 0 Å². The van der Waals surface area contributed by atoms with Crippen molar-refractivity contribution in [1.82, 2.24) is 0 Å². The van der Waals surface area contributed by atoms with Crippen molar-refractivity contribution in [3.63, 3.8) is 0 Å². The second-order valence-corrected chi connectivity index (χ2v) is 7.06. The number of nitrogen functional groups attached to an aromatic ring is 1. The first-order chi connectivity index (χ1) is 12.0. The fourth-order valence-electron chi connectivity index (χ4n) is 3.28. The molecule has 2 aromatic carbocycles. The third kappa shape index (κ3) is 4.13. The van der Waals surface area contributed by atoms with Crippen LogP contribution in [0, 0.1) is 0 Å². The van der Waals surface area contributed by atoms with Crippen LogP contribution in [0.4, 0.5) is 17.1 Å². The van der Waals surface area contributed by atoms with Crippen LogP contribution in [0.1, 0.15) is 54.9 Å². The number of hydrogen-bond donors (Lipinski definition) is 2. The zero-order valence-corrected chi connectivity index (χ0v) is 15.1. The summed E-state index contributed by atoms with van der Waals surface area (Å²) in [6.07, 6.45) is 3.65. The van der Waals surface area contributed by atoms with Gasteiger partial charge in [-0.15, -0.1) is 0 Å². The largest absolute Gasteiger partial charge is 0.399 e. The van der Waals surface area contributed by atoms with E-state index in [1.165, 1.54) is 24.8 Å². The highest BCUT2D eigenvalue weighted by molar-refractivity contribution is 6.06. The smallest absolute Gasteiger partial charge is 0.255 e. The molecule has 0 atom stereocenters. The fraction of sp³-hybridized carbons (Fsp3) is 0.381. The predicted molar refractivity (Wildman–Crippen MR) is 105 cm³/mol. The number of benzene rings is 2. The summed E-state index contributed by atoms with van der Waals surface area (Å²) in [6, 6.07) is 13.6. The monoisotopic (exact) mass is 337 g/mol. The lowest BCUT2D eigenvalue weighted by atomic mass is 10.0. The van der Waals surface area contributed by atoms with Gasteiger partial charge in [0.15, 0.2) is 0 Å². The fourth-order valence-corrected chi connectivity index (χ4v) is 3.28. The minimum atomic E-state index is -0.0980. The number of hydrogen-bond acceptors (Lipinski definition) is 3. The second kappa shape index (κ2) is 7.60. The summed E-state index contributed by atoms with van der Waals surface area (Å²) in [6.45, 7) is 6.34. The maximum Gasteiger partial charge on any atom is 0.255 e. The molecule has 0 saturated carbocycles. The number of nitrogens with two attached hydrogens (primary N) is 1. The van der Waals surface area contributed by atoms with Gasteiger partial charge in [0.1, 0.15) is 0 Å². The molecule has 0 aliphatic carbocycles. The molecule has 25 heavy (non-hydrogen) atoms. The van der Waals surface area contributed by atoms with Crippen LogP contribution in [-0.2, 0) is 0 Å². The Labute approximate surface area is 150 Å². The third-order valence-electron chi connectivity index (χ3n) is 4.81. The third-order valence-corrected chi connectivity index (χ3v) is 4.81. The molecule has 0 aromatic heterocycles. The first-order valence-corrected chi connectivity index (χ1v) is 9.10. The van der Waals surface area contributed by atoms with Gasteiger partial charge in [-0.05, 0) is 61.1 Å². The van der Waals surface area contributed by atoms with E-state index >= 15 is 0 Å². The topological polar surface area (TPSA) is 58.4 Å². The van der Waals surface area contributed by atoms with Gasteiger partial charge in [-0.3, -0.25) is 4.79 Å². The van der Waals surface area contributed by atoms with Gasteiger partial charge < -0.3 is 16.0 Å². The molecule has 1 saturated heterocycles. The lowest BCUT2D eigenvalue weighted by Crippen LogP contribution is -2.30. The van der Waals surface area contributed by atoms with Crippen molar-refractivity contribution >= 4 is 23.0 Å². The molecule has 132 valence electrons. The number of nitrogens with zero attached hydrogens (tertiary/aromatic N) is 1. The average Bonchev–Trinajstić information content (AvgIpc) is 2.62. The van der Waals surface area contributed by atoms with Crippen LogP contribution in [0.5, 0.6) is 0 Å². The molecule has 1 fully saturated rings. The average molecular weight is 337 g/mol. The standard InChI is InChI=1S/C21H27N3O/c1-15(2)16-6-8-17(9-7-16)21(25)23-19-14-18(22)10-11-20(19)24-12-4-3-5-13-24/h6-11,14-15H,3-5,12-13,22H2,1-2H3,(H,23,25). The summed E-state index contributed by atoms with van der Waals surface area (Å²) in [5.74, 6) is 0.357. The van der Waals surface area contributed by atoms with E-state index in [0.717, 1.165) is 24.5 Å². The van der Waals surface area contributed by atoms with Gasteiger partial charge in [0.25, 0.3) is 5.91 Å². The van der Waals surface area contributed by atoms with Crippen LogP contribution >= 0.6 is 0 Å². The maximum atomic E-state index is 12.7. The Kier molecular flexibility index (Phi) is 5.27. The van der Waals surface area contributed by atoms with Crippen molar-refractivity contribution in [2.75, 3.05) is 29.0 Å². The number of rotatable bonds is 4. The van der Waals surface area contributed by atoms with E-state index in [0.29, 0.717) is 17.2 Å². The summed E-state index contributed by atoms with van der Waals surface area (Å²) in [5, 5.41) is 3.05. The molecule has 0 spiro atoms. The molecule has 4 nitrogen and oxygen atoms in total. The molecule has 3 N–H and O–H groups in total. The van der Waals surface area contributed by atoms with E-state index in [1.807, 2.05) is 42.5 Å². The lowest BCUT2D eigenvalue weighted by Gasteiger charge is -2.30. The number of amides is 1. The van der Waals surface area contributed by atoms with Crippen molar-refractivity contribution in [1.29, 1.82) is 0 Å². The Morgan fingerprint density at radius 1 is 1.04 bits per heavy atom. The van der Waals surface area contributed by atoms with Crippen LogP contribution in [0.2, 0.25) is 0 Å². The van der Waals surface area contributed by atoms with Crippen LogP contribution < -0.4 is 16.0 Å². The van der Waals surface area contributed by atoms with Crippen LogP contribution in [-0.4, -0.2) is 19.0 Å². The Balaban J connectivity index is 1.81. The van der Waals surface area contributed by atoms with Crippen molar-refractivity contribution in [3.05, 3.63) is 53.6 Å². The Morgan fingerprint density at radius 3 is 2.36 bits per heavy atom. The minimum Gasteiger partial charge on any atom is -0.399 e. The van der Waals surface area contributed by atoms with E-state index in [9.17, 15) is 4.79 Å². The van der Waals surface area contributed by atoms with E-state index in [-0.39, 0.29) is 5.91 Å². The molecular formula is C21H27N3O. The molecule has 1 amide bonds. The number of carbonyl (C=O) groups is 1. The first kappa shape index (κ1) is 17.3. The van der Waals surface area contributed by atoms with Crippen LogP contribution in [0.25, 0.3) is 0 Å². The zero-order chi connectivity index (χ0) is 17.8. The molecule has 4 heteroatoms. The second-order valence-electron chi connectivity index (χ2n) is 7.06. The summed E-state index contributed by atoms with van der Waals surface area (Å²) in [4.78, 5) is 15.0. The number of piperidine rings is 1. The SMILES string of the molecule is CC(C)c1ccc(C(=O)Nc2cc(N)ccc2N2CCCCC2)cc1.